The van der Waals surface area contributed by atoms with Crippen molar-refractivity contribution in [3.8, 4) is 0 Å². The second-order valence-corrected chi connectivity index (χ2v) is 6.43. The quantitative estimate of drug-likeness (QED) is 0.803. The number of nitrogens with two attached hydrogens (primary N) is 1. The summed E-state index contributed by atoms with van der Waals surface area (Å²) in [6.45, 7) is 2.10. The summed E-state index contributed by atoms with van der Waals surface area (Å²) in [6, 6.07) is 0.0527. The molecule has 3 rings (SSSR count). The van der Waals surface area contributed by atoms with Gasteiger partial charge in [0.1, 0.15) is 0 Å². The largest absolute Gasteiger partial charge is 0.391 e. The summed E-state index contributed by atoms with van der Waals surface area (Å²) in [5.41, 5.74) is 6.21. The first-order valence-corrected chi connectivity index (χ1v) is 7.74. The molecule has 21 heavy (non-hydrogen) atoms. The van der Waals surface area contributed by atoms with Crippen molar-refractivity contribution in [2.75, 3.05) is 26.3 Å². The molecule has 0 aromatic rings. The number of likely N-dealkylation sites (tertiary alicyclic amines) is 1. The molecule has 122 valence electrons. The Hall–Kier alpha value is -0.370. The van der Waals surface area contributed by atoms with Gasteiger partial charge in [0.05, 0.1) is 19.1 Å². The minimum atomic E-state index is -4.07. The summed E-state index contributed by atoms with van der Waals surface area (Å²) < 4.78 is 49.7. The van der Waals surface area contributed by atoms with E-state index in [9.17, 15) is 13.2 Å². The van der Waals surface area contributed by atoms with E-state index >= 15 is 0 Å². The van der Waals surface area contributed by atoms with Crippen LogP contribution < -0.4 is 5.73 Å². The molecule has 0 bridgehead atoms. The third kappa shape index (κ3) is 3.21. The van der Waals surface area contributed by atoms with Crippen LogP contribution in [0.4, 0.5) is 13.2 Å². The van der Waals surface area contributed by atoms with E-state index in [0.717, 1.165) is 12.8 Å². The van der Waals surface area contributed by atoms with Gasteiger partial charge in [-0.1, -0.05) is 0 Å². The highest BCUT2D eigenvalue weighted by Crippen LogP contribution is 2.40. The summed E-state index contributed by atoms with van der Waals surface area (Å²) in [5.74, 6) is -1.71. The fraction of sp³-hybridized carbons (Fsp3) is 1.00. The first kappa shape index (κ1) is 15.5. The van der Waals surface area contributed by atoms with Crippen LogP contribution in [0.15, 0.2) is 0 Å². The van der Waals surface area contributed by atoms with Crippen LogP contribution in [0, 0.1) is 5.92 Å². The molecular weight excluding hydrogens is 285 g/mol. The van der Waals surface area contributed by atoms with E-state index in [4.69, 9.17) is 15.2 Å². The summed E-state index contributed by atoms with van der Waals surface area (Å²) in [7, 11) is 0. The van der Waals surface area contributed by atoms with Crippen LogP contribution in [0.3, 0.4) is 0 Å². The molecule has 3 aliphatic rings. The van der Waals surface area contributed by atoms with Gasteiger partial charge in [-0.25, -0.2) is 0 Å². The van der Waals surface area contributed by atoms with Gasteiger partial charge in [0, 0.05) is 24.9 Å². The van der Waals surface area contributed by atoms with Gasteiger partial charge in [0.2, 0.25) is 0 Å². The lowest BCUT2D eigenvalue weighted by Crippen LogP contribution is -2.58. The zero-order valence-electron chi connectivity index (χ0n) is 12.1. The number of piperidine rings is 1. The van der Waals surface area contributed by atoms with Crippen LogP contribution in [-0.2, 0) is 9.47 Å². The third-order valence-electron chi connectivity index (χ3n) is 5.15. The Bertz CT molecular complexity index is 364. The minimum Gasteiger partial charge on any atom is -0.347 e. The predicted octanol–water partition coefficient (Wildman–Crippen LogP) is 1.88. The highest BCUT2D eigenvalue weighted by molar-refractivity contribution is 4.96. The number of ether oxygens (including phenoxy) is 2. The molecule has 2 aliphatic heterocycles. The Morgan fingerprint density at radius 1 is 1.05 bits per heavy atom. The second-order valence-electron chi connectivity index (χ2n) is 6.43. The van der Waals surface area contributed by atoms with E-state index in [1.807, 2.05) is 0 Å². The Morgan fingerprint density at radius 3 is 2.24 bits per heavy atom. The van der Waals surface area contributed by atoms with Gasteiger partial charge >= 0.3 is 6.18 Å². The Balaban J connectivity index is 1.61. The number of halogens is 3. The molecule has 2 atom stereocenters. The summed E-state index contributed by atoms with van der Waals surface area (Å²) in [6.07, 6.45) is -1.49. The zero-order chi connectivity index (χ0) is 15.1. The highest BCUT2D eigenvalue weighted by Gasteiger charge is 2.48. The van der Waals surface area contributed by atoms with Crippen molar-refractivity contribution in [3.63, 3.8) is 0 Å². The first-order valence-electron chi connectivity index (χ1n) is 7.74. The van der Waals surface area contributed by atoms with Gasteiger partial charge in [-0.3, -0.25) is 4.90 Å². The average molecular weight is 308 g/mol. The molecule has 7 heteroatoms. The van der Waals surface area contributed by atoms with Gasteiger partial charge in [0.15, 0.2) is 5.79 Å². The maximum absolute atomic E-state index is 12.7. The highest BCUT2D eigenvalue weighted by atomic mass is 19.4. The van der Waals surface area contributed by atoms with Gasteiger partial charge in [-0.05, 0) is 32.4 Å². The summed E-state index contributed by atoms with van der Waals surface area (Å²) in [4.78, 5) is 2.11. The van der Waals surface area contributed by atoms with Crippen molar-refractivity contribution in [2.45, 2.75) is 56.2 Å². The van der Waals surface area contributed by atoms with E-state index < -0.39 is 17.9 Å². The normalized spacial score (nSPS) is 35.4. The monoisotopic (exact) mass is 308 g/mol. The second kappa shape index (κ2) is 5.68. The maximum Gasteiger partial charge on any atom is 0.391 e. The fourth-order valence-electron chi connectivity index (χ4n) is 3.87. The molecule has 4 nitrogen and oxygen atoms in total. The number of hydrogen-bond acceptors (Lipinski definition) is 4. The van der Waals surface area contributed by atoms with Crippen molar-refractivity contribution >= 4 is 0 Å². The molecule has 0 aromatic carbocycles. The molecule has 1 saturated carbocycles. The van der Waals surface area contributed by atoms with Crippen LogP contribution in [0.2, 0.25) is 0 Å². The van der Waals surface area contributed by atoms with Crippen molar-refractivity contribution in [2.24, 2.45) is 11.7 Å². The number of rotatable bonds is 1. The van der Waals surface area contributed by atoms with Crippen LogP contribution in [0.25, 0.3) is 0 Å². The molecule has 2 unspecified atom stereocenters. The van der Waals surface area contributed by atoms with Crippen molar-refractivity contribution in [3.05, 3.63) is 0 Å². The van der Waals surface area contributed by atoms with Crippen molar-refractivity contribution < 1.29 is 22.6 Å². The Labute approximate surface area is 122 Å². The maximum atomic E-state index is 12.7. The number of alkyl halides is 3. The minimum absolute atomic E-state index is 0.00846. The van der Waals surface area contributed by atoms with Crippen LogP contribution in [-0.4, -0.2) is 55.3 Å². The zero-order valence-corrected chi connectivity index (χ0v) is 12.1. The van der Waals surface area contributed by atoms with Crippen LogP contribution in [0.1, 0.15) is 32.1 Å². The summed E-state index contributed by atoms with van der Waals surface area (Å²) >= 11 is 0. The molecule has 0 aromatic heterocycles. The number of hydrogen-bond donors (Lipinski definition) is 1. The fourth-order valence-corrected chi connectivity index (χ4v) is 3.87. The molecule has 3 fully saturated rings. The Kier molecular flexibility index (Phi) is 4.20. The average Bonchev–Trinajstić information content (AvgIpc) is 2.90. The van der Waals surface area contributed by atoms with Gasteiger partial charge < -0.3 is 15.2 Å². The van der Waals surface area contributed by atoms with Gasteiger partial charge in [-0.15, -0.1) is 0 Å². The SMILES string of the molecule is NC1CCC2(CC1N1CCC(C(F)(F)F)CC1)OCCO2. The topological polar surface area (TPSA) is 47.7 Å². The van der Waals surface area contributed by atoms with Crippen LogP contribution >= 0.6 is 0 Å². The molecule has 2 heterocycles. The predicted molar refractivity (Wildman–Crippen MR) is 70.6 cm³/mol. The van der Waals surface area contributed by atoms with E-state index in [1.165, 1.54) is 0 Å². The molecule has 2 saturated heterocycles. The summed E-state index contributed by atoms with van der Waals surface area (Å²) in [5, 5.41) is 0. The van der Waals surface area contributed by atoms with E-state index in [-0.39, 0.29) is 24.9 Å². The third-order valence-corrected chi connectivity index (χ3v) is 5.15. The molecule has 2 N–H and O–H groups in total. The smallest absolute Gasteiger partial charge is 0.347 e. The Morgan fingerprint density at radius 2 is 1.67 bits per heavy atom. The molecule has 1 aliphatic carbocycles. The molecule has 0 amide bonds. The first-order chi connectivity index (χ1) is 9.90. The molecule has 0 radical (unpaired) electrons. The van der Waals surface area contributed by atoms with E-state index in [0.29, 0.717) is 32.7 Å². The standard InChI is InChI=1S/C14H23F3N2O2/c15-14(16,17)10-2-5-19(6-3-10)12-9-13(4-1-11(12)18)20-7-8-21-13/h10-12H,1-9,18H2. The lowest BCUT2D eigenvalue weighted by atomic mass is 9.83. The number of nitrogens with zero attached hydrogens (tertiary/aromatic N) is 1. The van der Waals surface area contributed by atoms with Crippen molar-refractivity contribution in [1.29, 1.82) is 0 Å². The molecule has 1 spiro atoms. The lowest BCUT2D eigenvalue weighted by Gasteiger charge is -2.46. The van der Waals surface area contributed by atoms with E-state index in [1.54, 1.807) is 0 Å². The van der Waals surface area contributed by atoms with Crippen LogP contribution in [0.5, 0.6) is 0 Å². The van der Waals surface area contributed by atoms with Gasteiger partial charge in [-0.2, -0.15) is 13.2 Å². The molecular formula is C14H23F3N2O2. The van der Waals surface area contributed by atoms with Gasteiger partial charge in [0.25, 0.3) is 0 Å². The van der Waals surface area contributed by atoms with E-state index in [2.05, 4.69) is 4.90 Å². The lowest BCUT2D eigenvalue weighted by molar-refractivity contribution is -0.202. The van der Waals surface area contributed by atoms with Crippen molar-refractivity contribution in [1.82, 2.24) is 4.90 Å².